The van der Waals surface area contributed by atoms with Crippen molar-refractivity contribution in [3.05, 3.63) is 41.5 Å². The van der Waals surface area contributed by atoms with Gasteiger partial charge in [0.25, 0.3) is 0 Å². The van der Waals surface area contributed by atoms with E-state index in [0.717, 1.165) is 18.8 Å². The van der Waals surface area contributed by atoms with Crippen LogP contribution in [0.5, 0.6) is 0 Å². The second kappa shape index (κ2) is 2.96. The number of hydrogen-bond donors (Lipinski definition) is 0. The lowest BCUT2D eigenvalue weighted by Gasteiger charge is -2.19. The second-order valence-electron chi connectivity index (χ2n) is 4.33. The summed E-state index contributed by atoms with van der Waals surface area (Å²) in [5.41, 5.74) is 0.950. The van der Waals surface area contributed by atoms with Gasteiger partial charge in [-0.15, -0.1) is 0 Å². The molecule has 1 aliphatic heterocycles. The van der Waals surface area contributed by atoms with Gasteiger partial charge in [0.15, 0.2) is 0 Å². The fourth-order valence-electron chi connectivity index (χ4n) is 2.57. The van der Waals surface area contributed by atoms with Crippen molar-refractivity contribution in [2.45, 2.75) is 6.04 Å². The van der Waals surface area contributed by atoms with Crippen molar-refractivity contribution >= 4 is 5.69 Å². The molecule has 1 aromatic carbocycles. The Morgan fingerprint density at radius 3 is 2.67 bits per heavy atom. The van der Waals surface area contributed by atoms with E-state index >= 15 is 0 Å². The number of benzene rings is 1. The molecule has 0 amide bonds. The van der Waals surface area contributed by atoms with Crippen molar-refractivity contribution in [2.75, 3.05) is 18.0 Å². The van der Waals surface area contributed by atoms with Crippen LogP contribution in [0.3, 0.4) is 0 Å². The van der Waals surface area contributed by atoms with Crippen molar-refractivity contribution in [3.63, 3.8) is 0 Å². The van der Waals surface area contributed by atoms with Gasteiger partial charge in [-0.2, -0.15) is 0 Å². The van der Waals surface area contributed by atoms with Gasteiger partial charge in [-0.3, -0.25) is 0 Å². The molecule has 1 saturated carbocycles. The topological polar surface area (TPSA) is 7.60 Å². The summed E-state index contributed by atoms with van der Waals surface area (Å²) >= 11 is 0. The predicted molar refractivity (Wildman–Crippen MR) is 56.0 cm³/mol. The molecule has 76 valence electrons. The van der Waals surface area contributed by atoms with E-state index in [9.17, 15) is 4.39 Å². The lowest BCUT2D eigenvalue weighted by molar-refractivity contribution is 0.626. The van der Waals surface area contributed by atoms with Gasteiger partial charge in [-0.1, -0.05) is 6.07 Å². The molecule has 0 spiro atoms. The third-order valence-electron chi connectivity index (χ3n) is 3.47. The van der Waals surface area contributed by atoms with Crippen LogP contribution in [0.25, 0.3) is 4.85 Å². The first-order valence-electron chi connectivity index (χ1n) is 5.16. The van der Waals surface area contributed by atoms with Gasteiger partial charge in [0.05, 0.1) is 11.8 Å². The van der Waals surface area contributed by atoms with Crippen LogP contribution in [0, 0.1) is 24.2 Å². The smallest absolute Gasteiger partial charge is 0.233 e. The summed E-state index contributed by atoms with van der Waals surface area (Å²) in [7, 11) is 0. The Balaban J connectivity index is 1.75. The van der Waals surface area contributed by atoms with E-state index < -0.39 is 0 Å². The van der Waals surface area contributed by atoms with Gasteiger partial charge in [0, 0.05) is 18.8 Å². The molecule has 0 N–H and O–H groups in total. The maximum atomic E-state index is 13.0. The molecule has 1 aliphatic carbocycles. The van der Waals surface area contributed by atoms with E-state index in [1.165, 1.54) is 6.07 Å². The quantitative estimate of drug-likeness (QED) is 0.633. The second-order valence-corrected chi connectivity index (χ2v) is 4.33. The molecule has 2 nitrogen and oxygen atoms in total. The summed E-state index contributed by atoms with van der Waals surface area (Å²) in [6, 6.07) is 6.94. The van der Waals surface area contributed by atoms with Crippen molar-refractivity contribution in [2.24, 2.45) is 11.8 Å². The Morgan fingerprint density at radius 2 is 2.07 bits per heavy atom. The summed E-state index contributed by atoms with van der Waals surface area (Å²) in [4.78, 5) is 5.76. The first-order valence-corrected chi connectivity index (χ1v) is 5.16. The van der Waals surface area contributed by atoms with Crippen LogP contribution >= 0.6 is 0 Å². The van der Waals surface area contributed by atoms with E-state index in [1.54, 1.807) is 12.1 Å². The normalized spacial score (nSPS) is 32.3. The number of anilines is 1. The highest BCUT2D eigenvalue weighted by atomic mass is 19.1. The van der Waals surface area contributed by atoms with Crippen molar-refractivity contribution in [1.29, 1.82) is 0 Å². The first-order chi connectivity index (χ1) is 7.29. The molecule has 1 heterocycles. The lowest BCUT2D eigenvalue weighted by Crippen LogP contribution is -2.24. The minimum atomic E-state index is -0.185. The van der Waals surface area contributed by atoms with Gasteiger partial charge in [0.1, 0.15) is 5.82 Å². The highest BCUT2D eigenvalue weighted by Crippen LogP contribution is 2.48. The Hall–Kier alpha value is -1.56. The highest BCUT2D eigenvalue weighted by Gasteiger charge is 2.62. The number of nitrogens with zero attached hydrogens (tertiary/aromatic N) is 2. The van der Waals surface area contributed by atoms with Crippen LogP contribution < -0.4 is 4.90 Å². The van der Waals surface area contributed by atoms with E-state index in [0.29, 0.717) is 11.8 Å². The van der Waals surface area contributed by atoms with Gasteiger partial charge in [-0.05, 0) is 18.2 Å². The summed E-state index contributed by atoms with van der Waals surface area (Å²) in [6.07, 6.45) is 0. The van der Waals surface area contributed by atoms with Crippen molar-refractivity contribution < 1.29 is 4.39 Å². The van der Waals surface area contributed by atoms with Crippen LogP contribution in [0.1, 0.15) is 0 Å². The molecule has 1 saturated heterocycles. The van der Waals surface area contributed by atoms with Crippen molar-refractivity contribution in [3.8, 4) is 0 Å². The number of fused-ring (bicyclic) bond motifs is 1. The minimum Gasteiger partial charge on any atom is -0.370 e. The molecular formula is C12H11FN2. The third kappa shape index (κ3) is 1.29. The summed E-state index contributed by atoms with van der Waals surface area (Å²) in [5, 5.41) is 0. The van der Waals surface area contributed by atoms with Gasteiger partial charge in [0.2, 0.25) is 6.04 Å². The first kappa shape index (κ1) is 8.72. The van der Waals surface area contributed by atoms with Crippen LogP contribution in [-0.4, -0.2) is 19.1 Å². The summed E-state index contributed by atoms with van der Waals surface area (Å²) in [6.45, 7) is 8.80. The van der Waals surface area contributed by atoms with Gasteiger partial charge < -0.3 is 9.74 Å². The standard InChI is InChI=1S/C12H11FN2/c1-14-12-10-6-15(7-11(10)12)9-4-2-3-8(13)5-9/h2-5,10-12H,6-7H2/t10-,11+,12?. The van der Waals surface area contributed by atoms with Gasteiger partial charge >= 0.3 is 0 Å². The Bertz CT molecular complexity index is 425. The number of piperidine rings is 1. The van der Waals surface area contributed by atoms with E-state index in [2.05, 4.69) is 9.74 Å². The maximum Gasteiger partial charge on any atom is 0.233 e. The van der Waals surface area contributed by atoms with E-state index in [4.69, 9.17) is 6.57 Å². The molecule has 2 fully saturated rings. The Morgan fingerprint density at radius 1 is 1.33 bits per heavy atom. The molecule has 3 rings (SSSR count). The minimum absolute atomic E-state index is 0.185. The van der Waals surface area contributed by atoms with Crippen LogP contribution in [-0.2, 0) is 0 Å². The molecule has 0 aromatic heterocycles. The van der Waals surface area contributed by atoms with Crippen LogP contribution in [0.4, 0.5) is 10.1 Å². The monoisotopic (exact) mass is 202 g/mol. The fraction of sp³-hybridized carbons (Fsp3) is 0.417. The third-order valence-corrected chi connectivity index (χ3v) is 3.47. The average molecular weight is 202 g/mol. The molecule has 15 heavy (non-hydrogen) atoms. The largest absolute Gasteiger partial charge is 0.370 e. The Kier molecular flexibility index (Phi) is 1.72. The molecule has 0 bridgehead atoms. The Labute approximate surface area is 88.1 Å². The molecule has 1 unspecified atom stereocenters. The van der Waals surface area contributed by atoms with Crippen LogP contribution in [0.15, 0.2) is 24.3 Å². The van der Waals surface area contributed by atoms with E-state index in [-0.39, 0.29) is 11.9 Å². The summed E-state index contributed by atoms with van der Waals surface area (Å²) < 4.78 is 13.0. The molecule has 0 radical (unpaired) electrons. The highest BCUT2D eigenvalue weighted by molar-refractivity contribution is 5.49. The maximum absolute atomic E-state index is 13.0. The SMILES string of the molecule is [C-]#[N+]C1[C@H]2CN(c3cccc(F)c3)C[C@@H]12. The van der Waals surface area contributed by atoms with E-state index in [1.807, 2.05) is 6.07 Å². The molecule has 3 heteroatoms. The fourth-order valence-corrected chi connectivity index (χ4v) is 2.57. The number of halogens is 1. The summed E-state index contributed by atoms with van der Waals surface area (Å²) in [5.74, 6) is 0.881. The number of rotatable bonds is 1. The average Bonchev–Trinajstić information content (AvgIpc) is 2.70. The number of hydrogen-bond acceptors (Lipinski definition) is 1. The van der Waals surface area contributed by atoms with Crippen LogP contribution in [0.2, 0.25) is 0 Å². The van der Waals surface area contributed by atoms with Crippen molar-refractivity contribution in [1.82, 2.24) is 0 Å². The molecule has 2 aliphatic rings. The lowest BCUT2D eigenvalue weighted by atomic mass is 10.2. The van der Waals surface area contributed by atoms with Gasteiger partial charge in [-0.25, -0.2) is 11.0 Å². The molecular weight excluding hydrogens is 191 g/mol. The molecule has 1 aromatic rings. The zero-order valence-electron chi connectivity index (χ0n) is 8.23. The molecule has 3 atom stereocenters. The zero-order valence-corrected chi connectivity index (χ0v) is 8.23. The predicted octanol–water partition coefficient (Wildman–Crippen LogP) is 2.18. The zero-order chi connectivity index (χ0) is 10.4.